The first-order valence-corrected chi connectivity index (χ1v) is 14.0. The number of carboxylic acid groups (broad SMARTS) is 1. The van der Waals surface area contributed by atoms with Gasteiger partial charge in [-0.05, 0) is 55.0 Å². The van der Waals surface area contributed by atoms with Crippen molar-refractivity contribution in [1.29, 1.82) is 0 Å². The van der Waals surface area contributed by atoms with Gasteiger partial charge in [-0.2, -0.15) is 0 Å². The Balaban J connectivity index is 1.53. The molecule has 1 aliphatic rings. The number of hydrogen-bond donors (Lipinski definition) is 7. The zero-order chi connectivity index (χ0) is 31.1. The normalized spacial score (nSPS) is 16.8. The smallest absolute Gasteiger partial charge is 0.326 e. The average molecular weight is 593 g/mol. The molecule has 228 valence electrons. The number of primary amides is 1. The van der Waals surface area contributed by atoms with Crippen LogP contribution in [0.15, 0.2) is 54.7 Å². The molecule has 1 aromatic heterocycles. The molecule has 0 radical (unpaired) electrons. The third-order valence-corrected chi connectivity index (χ3v) is 7.58. The van der Waals surface area contributed by atoms with Gasteiger partial charge in [-0.1, -0.05) is 30.3 Å². The zero-order valence-electron chi connectivity index (χ0n) is 23.5. The number of aliphatic carboxylic acids is 1. The molecule has 9 N–H and O–H groups in total. The molecule has 0 aliphatic carbocycles. The van der Waals surface area contributed by atoms with E-state index in [0.717, 1.165) is 16.5 Å². The third kappa shape index (κ3) is 7.89. The molecule has 4 amide bonds. The lowest BCUT2D eigenvalue weighted by Crippen LogP contribution is -2.58. The molecular weight excluding hydrogens is 556 g/mol. The Labute approximate surface area is 247 Å². The highest BCUT2D eigenvalue weighted by molar-refractivity contribution is 5.95. The van der Waals surface area contributed by atoms with E-state index in [1.165, 1.54) is 17.0 Å². The number of aromatic amines is 1. The Morgan fingerprint density at radius 2 is 1.67 bits per heavy atom. The number of aromatic hydroxyl groups is 1. The van der Waals surface area contributed by atoms with E-state index in [4.69, 9.17) is 11.5 Å². The van der Waals surface area contributed by atoms with E-state index in [1.54, 1.807) is 18.3 Å². The molecule has 2 aromatic carbocycles. The fourth-order valence-electron chi connectivity index (χ4n) is 5.29. The summed E-state index contributed by atoms with van der Waals surface area (Å²) in [5.74, 6) is -3.81. The molecule has 0 spiro atoms. The zero-order valence-corrected chi connectivity index (χ0v) is 23.5. The maximum Gasteiger partial charge on any atom is 0.326 e. The Bertz CT molecular complexity index is 1490. The summed E-state index contributed by atoms with van der Waals surface area (Å²) in [6.45, 7) is 0.190. The van der Waals surface area contributed by atoms with Crippen LogP contribution < -0.4 is 22.1 Å². The van der Waals surface area contributed by atoms with E-state index in [9.17, 15) is 34.2 Å². The number of carbonyl (C=O) groups excluding carboxylic acids is 4. The lowest BCUT2D eigenvalue weighted by Gasteiger charge is -2.29. The SMILES string of the molecule is NC(=O)CCC(NC(=O)C(Cc1ccc(O)cc1)NC(=O)C(N)Cc1c[nH]c2ccccc12)C(=O)N1CCCC1C(=O)O. The Morgan fingerprint density at radius 1 is 0.977 bits per heavy atom. The minimum atomic E-state index is -1.25. The number of phenols is 1. The molecule has 4 rings (SSSR count). The second-order valence-electron chi connectivity index (χ2n) is 10.7. The minimum Gasteiger partial charge on any atom is -0.508 e. The maximum absolute atomic E-state index is 13.6. The summed E-state index contributed by atoms with van der Waals surface area (Å²) in [6.07, 6.45) is 2.33. The number of carboxylic acids is 1. The molecule has 0 bridgehead atoms. The number of H-pyrrole nitrogens is 1. The van der Waals surface area contributed by atoms with Crippen LogP contribution in [-0.4, -0.2) is 80.4 Å². The summed E-state index contributed by atoms with van der Waals surface area (Å²) in [4.78, 5) is 67.8. The van der Waals surface area contributed by atoms with E-state index < -0.39 is 53.8 Å². The highest BCUT2D eigenvalue weighted by atomic mass is 16.4. The first-order chi connectivity index (χ1) is 20.5. The molecular formula is C30H36N6O7. The van der Waals surface area contributed by atoms with Crippen molar-refractivity contribution in [3.05, 3.63) is 65.9 Å². The van der Waals surface area contributed by atoms with E-state index in [2.05, 4.69) is 15.6 Å². The van der Waals surface area contributed by atoms with Crippen molar-refractivity contribution in [2.24, 2.45) is 11.5 Å². The van der Waals surface area contributed by atoms with E-state index in [-0.39, 0.29) is 44.4 Å². The number of rotatable bonds is 13. The van der Waals surface area contributed by atoms with Crippen LogP contribution in [-0.2, 0) is 36.8 Å². The summed E-state index contributed by atoms with van der Waals surface area (Å²) in [5, 5.41) is 25.4. The minimum absolute atomic E-state index is 0.00411. The average Bonchev–Trinajstić information content (AvgIpc) is 3.63. The van der Waals surface area contributed by atoms with Crippen LogP contribution in [0.25, 0.3) is 10.9 Å². The second kappa shape index (κ2) is 13.8. The molecule has 13 heteroatoms. The van der Waals surface area contributed by atoms with E-state index in [1.807, 2.05) is 24.3 Å². The molecule has 0 saturated carbocycles. The molecule has 3 aromatic rings. The van der Waals surface area contributed by atoms with Gasteiger partial charge in [0.15, 0.2) is 0 Å². The molecule has 1 saturated heterocycles. The monoisotopic (exact) mass is 592 g/mol. The van der Waals surface area contributed by atoms with Crippen molar-refractivity contribution < 1.29 is 34.2 Å². The summed E-state index contributed by atoms with van der Waals surface area (Å²) in [7, 11) is 0. The van der Waals surface area contributed by atoms with Gasteiger partial charge >= 0.3 is 5.97 Å². The van der Waals surface area contributed by atoms with Crippen molar-refractivity contribution in [2.45, 2.75) is 62.7 Å². The number of benzene rings is 2. The van der Waals surface area contributed by atoms with Gasteiger partial charge in [0.1, 0.15) is 23.9 Å². The largest absolute Gasteiger partial charge is 0.508 e. The van der Waals surface area contributed by atoms with Gasteiger partial charge in [0.2, 0.25) is 23.6 Å². The van der Waals surface area contributed by atoms with Crippen molar-refractivity contribution in [1.82, 2.24) is 20.5 Å². The molecule has 2 heterocycles. The van der Waals surface area contributed by atoms with Gasteiger partial charge in [0.25, 0.3) is 0 Å². The fourth-order valence-corrected chi connectivity index (χ4v) is 5.29. The number of nitrogens with two attached hydrogens (primary N) is 2. The van der Waals surface area contributed by atoms with Crippen LogP contribution >= 0.6 is 0 Å². The fraction of sp³-hybridized carbons (Fsp3) is 0.367. The van der Waals surface area contributed by atoms with Crippen LogP contribution in [0.1, 0.15) is 36.8 Å². The predicted octanol–water partition coefficient (Wildman–Crippen LogP) is 0.297. The van der Waals surface area contributed by atoms with Gasteiger partial charge < -0.3 is 42.2 Å². The van der Waals surface area contributed by atoms with Crippen LogP contribution in [0.4, 0.5) is 0 Å². The summed E-state index contributed by atoms with van der Waals surface area (Å²) < 4.78 is 0. The molecule has 4 atom stereocenters. The molecule has 13 nitrogen and oxygen atoms in total. The van der Waals surface area contributed by atoms with Gasteiger partial charge in [0.05, 0.1) is 6.04 Å². The molecule has 1 aliphatic heterocycles. The summed E-state index contributed by atoms with van der Waals surface area (Å²) >= 11 is 0. The van der Waals surface area contributed by atoms with Crippen molar-refractivity contribution in [3.63, 3.8) is 0 Å². The maximum atomic E-state index is 13.6. The number of phenolic OH excluding ortho intramolecular Hbond substituents is 1. The molecule has 43 heavy (non-hydrogen) atoms. The number of hydrogen-bond acceptors (Lipinski definition) is 7. The van der Waals surface area contributed by atoms with Crippen molar-refractivity contribution >= 4 is 40.5 Å². The topological polar surface area (TPSA) is 221 Å². The summed E-state index contributed by atoms with van der Waals surface area (Å²) in [5.41, 5.74) is 13.9. The predicted molar refractivity (Wildman–Crippen MR) is 156 cm³/mol. The lowest BCUT2D eigenvalue weighted by atomic mass is 10.0. The van der Waals surface area contributed by atoms with Gasteiger partial charge in [-0.25, -0.2) is 4.79 Å². The van der Waals surface area contributed by atoms with Crippen LogP contribution in [0.3, 0.4) is 0 Å². The lowest BCUT2D eigenvalue weighted by molar-refractivity contribution is -0.149. The number of amides is 4. The first kappa shape index (κ1) is 31.0. The van der Waals surface area contributed by atoms with E-state index in [0.29, 0.717) is 12.0 Å². The standard InChI is InChI=1S/C30H36N6O7/c31-21(15-18-16-33-22-5-2-1-4-20(18)22)27(39)35-24(14-17-7-9-19(37)10-8-17)28(40)34-23(11-12-26(32)38)29(41)36-13-3-6-25(36)30(42)43/h1-2,4-5,7-10,16,21,23-25,33,37H,3,6,11-15,31H2,(H2,32,38)(H,34,40)(H,35,39)(H,42,43). The number of aromatic nitrogens is 1. The van der Waals surface area contributed by atoms with Crippen molar-refractivity contribution in [3.8, 4) is 5.75 Å². The quantitative estimate of drug-likeness (QED) is 0.146. The van der Waals surface area contributed by atoms with E-state index >= 15 is 0 Å². The number of likely N-dealkylation sites (tertiary alicyclic amines) is 1. The van der Waals surface area contributed by atoms with Gasteiger partial charge in [-0.3, -0.25) is 19.2 Å². The Hall–Kier alpha value is -4.91. The highest BCUT2D eigenvalue weighted by Gasteiger charge is 2.38. The second-order valence-corrected chi connectivity index (χ2v) is 10.7. The van der Waals surface area contributed by atoms with Gasteiger partial charge in [0, 0.05) is 36.5 Å². The third-order valence-electron chi connectivity index (χ3n) is 7.58. The first-order valence-electron chi connectivity index (χ1n) is 14.0. The van der Waals surface area contributed by atoms with Crippen LogP contribution in [0, 0.1) is 0 Å². The number of nitrogens with one attached hydrogen (secondary N) is 3. The highest BCUT2D eigenvalue weighted by Crippen LogP contribution is 2.21. The number of nitrogens with zero attached hydrogens (tertiary/aromatic N) is 1. The Kier molecular flexibility index (Phi) is 9.99. The Morgan fingerprint density at radius 3 is 2.37 bits per heavy atom. The van der Waals surface area contributed by atoms with Crippen molar-refractivity contribution in [2.75, 3.05) is 6.54 Å². The number of para-hydroxylation sites is 1. The summed E-state index contributed by atoms with van der Waals surface area (Å²) in [6, 6.07) is 9.12. The van der Waals surface area contributed by atoms with Crippen LogP contribution in [0.5, 0.6) is 5.75 Å². The van der Waals surface area contributed by atoms with Crippen LogP contribution in [0.2, 0.25) is 0 Å². The molecule has 1 fully saturated rings. The number of fused-ring (bicyclic) bond motifs is 1. The number of carbonyl (C=O) groups is 5. The molecule has 4 unspecified atom stereocenters. The van der Waals surface area contributed by atoms with Gasteiger partial charge in [-0.15, -0.1) is 0 Å².